The fourth-order valence-corrected chi connectivity index (χ4v) is 5.66. The van der Waals surface area contributed by atoms with Crippen LogP contribution in [0.25, 0.3) is 0 Å². The van der Waals surface area contributed by atoms with Crippen LogP contribution >= 0.6 is 11.8 Å². The maximum absolute atomic E-state index is 13.1. The first-order chi connectivity index (χ1) is 18.7. The van der Waals surface area contributed by atoms with Gasteiger partial charge in [-0.3, -0.25) is 9.89 Å². The largest absolute Gasteiger partial charge is 0.443 e. The van der Waals surface area contributed by atoms with Gasteiger partial charge in [-0.25, -0.2) is 4.79 Å². The van der Waals surface area contributed by atoms with E-state index in [0.717, 1.165) is 11.1 Å². The maximum atomic E-state index is 13.1. The van der Waals surface area contributed by atoms with E-state index in [-0.39, 0.29) is 6.54 Å². The normalized spacial score (nSPS) is 25.4. The quantitative estimate of drug-likeness (QED) is 0.429. The van der Waals surface area contributed by atoms with Gasteiger partial charge in [0.05, 0.1) is 19.3 Å². The van der Waals surface area contributed by atoms with Gasteiger partial charge >= 0.3 is 6.09 Å². The smallest absolute Gasteiger partial charge is 0.416 e. The number of nitrogens with zero attached hydrogens (tertiary/aromatic N) is 2. The van der Waals surface area contributed by atoms with E-state index in [0.29, 0.717) is 18.4 Å². The van der Waals surface area contributed by atoms with Crippen molar-refractivity contribution >= 4 is 23.0 Å². The van der Waals surface area contributed by atoms with Crippen LogP contribution in [-0.4, -0.2) is 69.3 Å². The number of carbonyl (C=O) groups is 1. The van der Waals surface area contributed by atoms with Crippen LogP contribution in [0.3, 0.4) is 0 Å². The van der Waals surface area contributed by atoms with Gasteiger partial charge in [-0.15, -0.1) is 6.58 Å². The molecule has 4 rings (SSSR count). The molecule has 0 aromatic heterocycles. The van der Waals surface area contributed by atoms with E-state index in [1.54, 1.807) is 13.0 Å². The van der Waals surface area contributed by atoms with Gasteiger partial charge in [-0.05, 0) is 38.8 Å². The average molecular weight is 555 g/mol. The van der Waals surface area contributed by atoms with Crippen molar-refractivity contribution in [2.24, 2.45) is 4.99 Å². The molecule has 2 aliphatic heterocycles. The molecule has 210 valence electrons. The van der Waals surface area contributed by atoms with Crippen LogP contribution in [0.4, 0.5) is 4.79 Å². The zero-order chi connectivity index (χ0) is 28.0. The Morgan fingerprint density at radius 2 is 1.64 bits per heavy atom. The summed E-state index contributed by atoms with van der Waals surface area (Å²) in [5.74, 6) is 0. The zero-order valence-corrected chi connectivity index (χ0v) is 23.8. The Morgan fingerprint density at radius 1 is 1.08 bits per heavy atom. The van der Waals surface area contributed by atoms with E-state index >= 15 is 0 Å². The minimum Gasteiger partial charge on any atom is -0.443 e. The summed E-state index contributed by atoms with van der Waals surface area (Å²) in [6.45, 7) is 11.8. The fraction of sp³-hybridized carbons (Fsp3) is 0.467. The number of thioether (sulfide) groups is 1. The molecule has 0 bridgehead atoms. The van der Waals surface area contributed by atoms with Crippen molar-refractivity contribution in [1.29, 1.82) is 0 Å². The van der Waals surface area contributed by atoms with Crippen LogP contribution < -0.4 is 0 Å². The molecule has 8 nitrogen and oxygen atoms in total. The zero-order valence-electron chi connectivity index (χ0n) is 22.9. The van der Waals surface area contributed by atoms with Crippen LogP contribution in [0.2, 0.25) is 0 Å². The van der Waals surface area contributed by atoms with E-state index < -0.39 is 47.6 Å². The van der Waals surface area contributed by atoms with Gasteiger partial charge in [0.25, 0.3) is 0 Å². The Balaban J connectivity index is 1.63. The van der Waals surface area contributed by atoms with E-state index in [1.807, 2.05) is 81.4 Å². The number of hydrogen-bond acceptors (Lipinski definition) is 8. The second-order valence-corrected chi connectivity index (χ2v) is 11.7. The molecule has 6 atom stereocenters. The van der Waals surface area contributed by atoms with Crippen molar-refractivity contribution in [3.05, 3.63) is 84.4 Å². The number of aliphatic imine (C=N–C) groups is 1. The van der Waals surface area contributed by atoms with Crippen molar-refractivity contribution < 1.29 is 28.8 Å². The van der Waals surface area contributed by atoms with E-state index in [2.05, 4.69) is 6.58 Å². The van der Waals surface area contributed by atoms with Gasteiger partial charge in [-0.2, -0.15) is 0 Å². The average Bonchev–Trinajstić information content (AvgIpc) is 3.32. The standard InChI is InChI=1S/C30H38N2O6S/c1-6-17-32(29(34)38-30(3,4)5)28-31-23-25(35-18-21-13-9-7-10-14-21)26(24(20(2)33)37-27(23)39-28)36-19-22-15-11-8-12-16-22/h6-16,20,23-27,33H,1,17-19H2,2-5H3/t20?,23-,24-,25-,26-,27-/m1/s1. The summed E-state index contributed by atoms with van der Waals surface area (Å²) in [6, 6.07) is 19.2. The van der Waals surface area contributed by atoms with E-state index in [1.165, 1.54) is 16.7 Å². The summed E-state index contributed by atoms with van der Waals surface area (Å²) in [6.07, 6.45) is -1.52. The summed E-state index contributed by atoms with van der Waals surface area (Å²) in [5, 5.41) is 11.2. The monoisotopic (exact) mass is 554 g/mol. The Bertz CT molecular complexity index is 1120. The first kappa shape index (κ1) is 29.3. The second-order valence-electron chi connectivity index (χ2n) is 10.6. The van der Waals surface area contributed by atoms with Crippen LogP contribution in [-0.2, 0) is 32.2 Å². The lowest BCUT2D eigenvalue weighted by Crippen LogP contribution is -2.59. The Morgan fingerprint density at radius 3 is 2.15 bits per heavy atom. The number of aliphatic hydroxyl groups is 1. The third kappa shape index (κ3) is 7.70. The SMILES string of the molecule is C=CCN(C(=O)OC(C)(C)C)C1=N[C@@H]2[C@@H](OCc3ccccc3)[C@H](OCc3ccccc3)[C@@H](C(C)O)O[C@@H]2S1. The highest BCUT2D eigenvalue weighted by Gasteiger charge is 2.53. The van der Waals surface area contributed by atoms with Gasteiger partial charge in [0.1, 0.15) is 35.4 Å². The summed E-state index contributed by atoms with van der Waals surface area (Å²) in [7, 11) is 0. The molecule has 1 amide bonds. The highest BCUT2D eigenvalue weighted by molar-refractivity contribution is 8.14. The van der Waals surface area contributed by atoms with Crippen molar-refractivity contribution in [2.75, 3.05) is 6.54 Å². The molecule has 1 fully saturated rings. The van der Waals surface area contributed by atoms with Crippen LogP contribution in [0.15, 0.2) is 78.3 Å². The number of aliphatic hydroxyl groups excluding tert-OH is 1. The predicted octanol–water partition coefficient (Wildman–Crippen LogP) is 5.16. The van der Waals surface area contributed by atoms with E-state index in [4.69, 9.17) is 23.9 Å². The molecule has 2 heterocycles. The molecule has 1 unspecified atom stereocenters. The lowest BCUT2D eigenvalue weighted by Gasteiger charge is -2.43. The van der Waals surface area contributed by atoms with Crippen LogP contribution in [0.1, 0.15) is 38.8 Å². The molecule has 1 saturated heterocycles. The van der Waals surface area contributed by atoms with Crippen LogP contribution in [0.5, 0.6) is 0 Å². The number of carbonyl (C=O) groups excluding carboxylic acids is 1. The molecule has 2 aromatic carbocycles. The molecule has 9 heteroatoms. The van der Waals surface area contributed by atoms with Gasteiger partial charge in [0, 0.05) is 6.54 Å². The highest BCUT2D eigenvalue weighted by Crippen LogP contribution is 2.41. The van der Waals surface area contributed by atoms with E-state index in [9.17, 15) is 9.90 Å². The van der Waals surface area contributed by atoms with Crippen molar-refractivity contribution in [2.45, 2.75) is 82.4 Å². The first-order valence-corrected chi connectivity index (χ1v) is 14.0. The first-order valence-electron chi connectivity index (χ1n) is 13.2. The Hall–Kier alpha value is -2.69. The molecule has 1 N–H and O–H groups in total. The molecule has 0 spiro atoms. The number of amides is 1. The number of hydrogen-bond donors (Lipinski definition) is 1. The molecule has 2 aliphatic rings. The van der Waals surface area contributed by atoms with Crippen molar-refractivity contribution in [1.82, 2.24) is 4.90 Å². The number of amidine groups is 1. The summed E-state index contributed by atoms with van der Waals surface area (Å²) in [4.78, 5) is 19.4. The summed E-state index contributed by atoms with van der Waals surface area (Å²) in [5.41, 5.74) is 0.857. The van der Waals surface area contributed by atoms with Crippen molar-refractivity contribution in [3.63, 3.8) is 0 Å². The minimum atomic E-state index is -0.825. The lowest BCUT2D eigenvalue weighted by molar-refractivity contribution is -0.218. The molecular formula is C30H38N2O6S. The predicted molar refractivity (Wildman–Crippen MR) is 152 cm³/mol. The minimum absolute atomic E-state index is 0.226. The molecular weight excluding hydrogens is 516 g/mol. The van der Waals surface area contributed by atoms with Gasteiger partial charge in [0.2, 0.25) is 0 Å². The Kier molecular flexibility index (Phi) is 9.85. The lowest BCUT2D eigenvalue weighted by atomic mass is 9.94. The molecule has 0 saturated carbocycles. The third-order valence-corrected chi connectivity index (χ3v) is 7.40. The van der Waals surface area contributed by atoms with Crippen molar-refractivity contribution in [3.8, 4) is 0 Å². The number of rotatable bonds is 9. The van der Waals surface area contributed by atoms with Crippen LogP contribution in [0, 0.1) is 0 Å². The molecule has 2 aromatic rings. The Labute approximate surface area is 235 Å². The van der Waals surface area contributed by atoms with Gasteiger partial charge in [-0.1, -0.05) is 78.5 Å². The number of benzene rings is 2. The van der Waals surface area contributed by atoms with Gasteiger partial charge < -0.3 is 24.1 Å². The topological polar surface area (TPSA) is 89.8 Å². The molecule has 0 aliphatic carbocycles. The van der Waals surface area contributed by atoms with Gasteiger partial charge in [0.15, 0.2) is 5.17 Å². The number of ether oxygens (including phenoxy) is 4. The highest BCUT2D eigenvalue weighted by atomic mass is 32.2. The second kappa shape index (κ2) is 13.1. The number of fused-ring (bicyclic) bond motifs is 1. The summed E-state index contributed by atoms with van der Waals surface area (Å²) < 4.78 is 24.9. The summed E-state index contributed by atoms with van der Waals surface area (Å²) >= 11 is 1.32. The molecule has 0 radical (unpaired) electrons. The maximum Gasteiger partial charge on any atom is 0.416 e. The fourth-order valence-electron chi connectivity index (χ4n) is 4.46. The third-order valence-electron chi connectivity index (χ3n) is 6.24. The molecule has 39 heavy (non-hydrogen) atoms.